The molecular formula is C23H16N2O3S. The number of carbonyl (C=O) groups excluding carboxylic acids is 1. The van der Waals surface area contributed by atoms with Crippen molar-refractivity contribution in [2.75, 3.05) is 5.32 Å². The monoisotopic (exact) mass is 400 g/mol. The third-order valence-electron chi connectivity index (χ3n) is 4.41. The van der Waals surface area contributed by atoms with E-state index in [1.54, 1.807) is 35.7 Å². The van der Waals surface area contributed by atoms with Gasteiger partial charge in [-0.05, 0) is 40.8 Å². The van der Waals surface area contributed by atoms with Gasteiger partial charge in [-0.15, -0.1) is 11.3 Å². The van der Waals surface area contributed by atoms with E-state index in [0.29, 0.717) is 5.56 Å². The Balaban J connectivity index is 1.66. The van der Waals surface area contributed by atoms with Crippen LogP contribution in [-0.2, 0) is 0 Å². The number of nitrogens with zero attached hydrogens (tertiary/aromatic N) is 1. The smallest absolute Gasteiger partial charge is 0.337 e. The van der Waals surface area contributed by atoms with Crippen LogP contribution in [0.5, 0.6) is 0 Å². The maximum atomic E-state index is 12.8. The molecule has 4 aromatic rings. The highest BCUT2D eigenvalue weighted by atomic mass is 32.1. The van der Waals surface area contributed by atoms with Crippen LogP contribution in [0, 0.1) is 0 Å². The van der Waals surface area contributed by atoms with E-state index in [1.807, 2.05) is 47.8 Å². The molecule has 1 amide bonds. The highest BCUT2D eigenvalue weighted by Gasteiger charge is 2.16. The zero-order valence-electron chi connectivity index (χ0n) is 15.2. The molecule has 0 fully saturated rings. The molecule has 0 saturated carbocycles. The maximum Gasteiger partial charge on any atom is 0.337 e. The van der Waals surface area contributed by atoms with Crippen molar-refractivity contribution in [1.29, 1.82) is 0 Å². The lowest BCUT2D eigenvalue weighted by Gasteiger charge is -2.11. The lowest BCUT2D eigenvalue weighted by Crippen LogP contribution is -2.15. The third-order valence-corrected chi connectivity index (χ3v) is 5.33. The minimum Gasteiger partial charge on any atom is -0.478 e. The Morgan fingerprint density at radius 2 is 1.69 bits per heavy atom. The predicted octanol–water partition coefficient (Wildman–Crippen LogP) is 5.43. The molecule has 0 radical (unpaired) electrons. The summed E-state index contributed by atoms with van der Waals surface area (Å²) in [5.74, 6) is -1.52. The number of aromatic carboxylic acids is 1. The maximum absolute atomic E-state index is 12.8. The van der Waals surface area contributed by atoms with E-state index in [2.05, 4.69) is 10.3 Å². The van der Waals surface area contributed by atoms with Crippen LogP contribution in [0.25, 0.3) is 21.6 Å². The van der Waals surface area contributed by atoms with Crippen molar-refractivity contribution in [3.05, 3.63) is 95.6 Å². The molecule has 0 atom stereocenters. The molecule has 4 rings (SSSR count). The van der Waals surface area contributed by atoms with Gasteiger partial charge < -0.3 is 10.4 Å². The van der Waals surface area contributed by atoms with Gasteiger partial charge in [-0.1, -0.05) is 42.5 Å². The molecule has 0 spiro atoms. The average molecular weight is 400 g/mol. The van der Waals surface area contributed by atoms with Crippen molar-refractivity contribution < 1.29 is 14.7 Å². The number of nitrogens with one attached hydrogen (secondary N) is 1. The summed E-state index contributed by atoms with van der Waals surface area (Å²) in [6, 6.07) is 20.1. The van der Waals surface area contributed by atoms with Crippen LogP contribution in [0.3, 0.4) is 0 Å². The van der Waals surface area contributed by atoms with Gasteiger partial charge in [-0.25, -0.2) is 4.79 Å². The Kier molecular flexibility index (Phi) is 5.18. The molecule has 142 valence electrons. The van der Waals surface area contributed by atoms with Gasteiger partial charge in [0.05, 0.1) is 16.8 Å². The number of carboxylic acids is 1. The van der Waals surface area contributed by atoms with E-state index in [9.17, 15) is 14.7 Å². The molecule has 0 aliphatic rings. The van der Waals surface area contributed by atoms with Crippen molar-refractivity contribution in [1.82, 2.24) is 4.98 Å². The highest BCUT2D eigenvalue weighted by Crippen LogP contribution is 2.29. The number of benzene rings is 2. The van der Waals surface area contributed by atoms with E-state index in [0.717, 1.165) is 21.6 Å². The van der Waals surface area contributed by atoms with Crippen LogP contribution in [0.2, 0.25) is 0 Å². The number of rotatable bonds is 5. The molecule has 0 bridgehead atoms. The first-order valence-corrected chi connectivity index (χ1v) is 9.73. The molecule has 0 aliphatic heterocycles. The van der Waals surface area contributed by atoms with E-state index >= 15 is 0 Å². The molecule has 0 aliphatic carbocycles. The number of carbonyl (C=O) groups is 2. The minimum atomic E-state index is -1.10. The second kappa shape index (κ2) is 8.08. The van der Waals surface area contributed by atoms with E-state index < -0.39 is 11.9 Å². The summed E-state index contributed by atoms with van der Waals surface area (Å²) in [5.41, 5.74) is 3.23. The number of hydrogen-bond acceptors (Lipinski definition) is 4. The summed E-state index contributed by atoms with van der Waals surface area (Å²) in [6.07, 6.45) is 3.15. The summed E-state index contributed by atoms with van der Waals surface area (Å²) >= 11 is 1.54. The number of aromatic nitrogens is 1. The van der Waals surface area contributed by atoms with Crippen LogP contribution in [0.4, 0.5) is 5.69 Å². The number of pyridine rings is 1. The first kappa shape index (κ1) is 18.6. The van der Waals surface area contributed by atoms with Crippen molar-refractivity contribution in [3.63, 3.8) is 0 Å². The van der Waals surface area contributed by atoms with Crippen molar-refractivity contribution in [3.8, 4) is 21.6 Å². The summed E-state index contributed by atoms with van der Waals surface area (Å²) in [5, 5.41) is 14.2. The molecule has 29 heavy (non-hydrogen) atoms. The van der Waals surface area contributed by atoms with Crippen LogP contribution in [-0.4, -0.2) is 22.0 Å². The van der Waals surface area contributed by atoms with Crippen molar-refractivity contribution in [2.24, 2.45) is 0 Å². The molecular weight excluding hydrogens is 384 g/mol. The first-order valence-electron chi connectivity index (χ1n) is 8.85. The van der Waals surface area contributed by atoms with Gasteiger partial charge >= 0.3 is 5.97 Å². The van der Waals surface area contributed by atoms with E-state index in [1.165, 1.54) is 12.3 Å². The fourth-order valence-electron chi connectivity index (χ4n) is 2.98. The largest absolute Gasteiger partial charge is 0.478 e. The Labute approximate surface area is 171 Å². The van der Waals surface area contributed by atoms with Gasteiger partial charge in [0.2, 0.25) is 0 Å². The zero-order valence-corrected chi connectivity index (χ0v) is 16.0. The zero-order chi connectivity index (χ0) is 20.2. The normalized spacial score (nSPS) is 10.5. The SMILES string of the molecule is O=C(Nc1cc(-c2cccs2)ccc1C(=O)O)c1cncc(-c2ccccc2)c1. The quantitative estimate of drug-likeness (QED) is 0.468. The van der Waals surface area contributed by atoms with Crippen LogP contribution < -0.4 is 5.32 Å². The second-order valence-electron chi connectivity index (χ2n) is 6.33. The van der Waals surface area contributed by atoms with E-state index in [4.69, 9.17) is 0 Å². The standard InChI is InChI=1S/C23H16N2O3S/c26-22(18-11-17(13-24-14-18)15-5-2-1-3-6-15)25-20-12-16(21-7-4-10-29-21)8-9-19(20)23(27)28/h1-14H,(H,25,26)(H,27,28). The predicted molar refractivity (Wildman–Crippen MR) is 114 cm³/mol. The Morgan fingerprint density at radius 1 is 0.862 bits per heavy atom. The molecule has 2 N–H and O–H groups in total. The summed E-state index contributed by atoms with van der Waals surface area (Å²) in [6.45, 7) is 0. The number of thiophene rings is 1. The molecule has 0 saturated heterocycles. The first-order chi connectivity index (χ1) is 14.1. The lowest BCUT2D eigenvalue weighted by atomic mass is 10.1. The summed E-state index contributed by atoms with van der Waals surface area (Å²) in [7, 11) is 0. The van der Waals surface area contributed by atoms with Crippen LogP contribution in [0.15, 0.2) is 84.5 Å². The molecule has 5 nitrogen and oxygen atoms in total. The van der Waals surface area contributed by atoms with Crippen LogP contribution >= 0.6 is 11.3 Å². The van der Waals surface area contributed by atoms with E-state index in [-0.39, 0.29) is 11.3 Å². The molecule has 2 aromatic heterocycles. The summed E-state index contributed by atoms with van der Waals surface area (Å²) in [4.78, 5) is 29.6. The molecule has 2 heterocycles. The second-order valence-corrected chi connectivity index (χ2v) is 7.27. The fraction of sp³-hybridized carbons (Fsp3) is 0. The Morgan fingerprint density at radius 3 is 2.41 bits per heavy atom. The number of amides is 1. The third kappa shape index (κ3) is 4.07. The van der Waals surface area contributed by atoms with Crippen molar-refractivity contribution in [2.45, 2.75) is 0 Å². The number of carboxylic acid groups (broad SMARTS) is 1. The lowest BCUT2D eigenvalue weighted by molar-refractivity contribution is 0.0698. The molecule has 2 aromatic carbocycles. The van der Waals surface area contributed by atoms with Gasteiger partial charge in [0.1, 0.15) is 0 Å². The topological polar surface area (TPSA) is 79.3 Å². The van der Waals surface area contributed by atoms with Crippen LogP contribution in [0.1, 0.15) is 20.7 Å². The Hall–Kier alpha value is -3.77. The van der Waals surface area contributed by atoms with Gasteiger partial charge in [0, 0.05) is 22.8 Å². The summed E-state index contributed by atoms with van der Waals surface area (Å²) < 4.78 is 0. The van der Waals surface area contributed by atoms with Gasteiger partial charge in [-0.3, -0.25) is 9.78 Å². The fourth-order valence-corrected chi connectivity index (χ4v) is 3.70. The van der Waals surface area contributed by atoms with Gasteiger partial charge in [0.15, 0.2) is 0 Å². The molecule has 6 heteroatoms. The number of hydrogen-bond donors (Lipinski definition) is 2. The van der Waals surface area contributed by atoms with Gasteiger partial charge in [0.25, 0.3) is 5.91 Å². The Bertz CT molecular complexity index is 1170. The van der Waals surface area contributed by atoms with Crippen molar-refractivity contribution >= 4 is 28.9 Å². The van der Waals surface area contributed by atoms with Gasteiger partial charge in [-0.2, -0.15) is 0 Å². The number of anilines is 1. The average Bonchev–Trinajstić information content (AvgIpc) is 3.29. The molecule has 0 unspecified atom stereocenters. The minimum absolute atomic E-state index is 0.0332. The highest BCUT2D eigenvalue weighted by molar-refractivity contribution is 7.13.